The first kappa shape index (κ1) is 15.7. The highest BCUT2D eigenvalue weighted by Gasteiger charge is 2.08. The summed E-state index contributed by atoms with van der Waals surface area (Å²) in [5.41, 5.74) is 1.12. The number of thioether (sulfide) groups is 1. The minimum Gasteiger partial charge on any atom is -0.496 e. The molecular weight excluding hydrogens is 282 g/mol. The number of rotatable bonds is 7. The molecule has 4 heteroatoms. The van der Waals surface area contributed by atoms with Crippen LogP contribution in [0.2, 0.25) is 0 Å². The fourth-order valence-corrected chi connectivity index (χ4v) is 2.87. The zero-order chi connectivity index (χ0) is 15.1. The van der Waals surface area contributed by atoms with Gasteiger partial charge in [-0.1, -0.05) is 19.1 Å². The predicted molar refractivity (Wildman–Crippen MR) is 88.4 cm³/mol. The summed E-state index contributed by atoms with van der Waals surface area (Å²) in [5.74, 6) is 0.989. The predicted octanol–water partition coefficient (Wildman–Crippen LogP) is 1.80. The number of carbonyl (C=O) groups excluding carboxylic acids is 1. The molecule has 3 nitrogen and oxygen atoms in total. The molecule has 1 heterocycles. The molecule has 0 saturated heterocycles. The molecule has 0 atom stereocenters. The molecule has 21 heavy (non-hydrogen) atoms. The summed E-state index contributed by atoms with van der Waals surface area (Å²) in [6.45, 7) is 6.83. The van der Waals surface area contributed by atoms with Crippen molar-refractivity contribution in [3.8, 4) is 0 Å². The third kappa shape index (κ3) is 4.39. The van der Waals surface area contributed by atoms with E-state index in [-0.39, 0.29) is 5.91 Å². The first-order valence-electron chi connectivity index (χ1n) is 7.19. The number of nitrogens with one attached hydrogen (secondary N) is 1. The molecule has 0 aliphatic carbocycles. The summed E-state index contributed by atoms with van der Waals surface area (Å²) in [5, 5.41) is 5.20. The second-order valence-electron chi connectivity index (χ2n) is 4.91. The van der Waals surface area contributed by atoms with Crippen molar-refractivity contribution >= 4 is 29.5 Å². The minimum absolute atomic E-state index is 0.0965. The molecule has 0 radical (unpaired) electrons. The molecule has 1 aromatic carbocycles. The number of carbonyl (C=O) groups is 1. The van der Waals surface area contributed by atoms with E-state index >= 15 is 0 Å². The second kappa shape index (κ2) is 7.93. The van der Waals surface area contributed by atoms with E-state index in [9.17, 15) is 4.79 Å². The molecule has 0 saturated carbocycles. The van der Waals surface area contributed by atoms with E-state index in [0.717, 1.165) is 23.0 Å². The zero-order valence-electron chi connectivity index (χ0n) is 12.4. The Hall–Kier alpha value is -1.68. The van der Waals surface area contributed by atoms with Gasteiger partial charge in [-0.25, -0.2) is 0 Å². The average Bonchev–Trinajstić information content (AvgIpc) is 2.50. The van der Waals surface area contributed by atoms with Crippen molar-refractivity contribution in [1.82, 2.24) is 5.32 Å². The summed E-state index contributed by atoms with van der Waals surface area (Å²) < 4.78 is 5.52. The van der Waals surface area contributed by atoms with E-state index in [4.69, 9.17) is 4.74 Å². The van der Waals surface area contributed by atoms with Crippen molar-refractivity contribution in [2.24, 2.45) is 0 Å². The molecule has 0 fully saturated rings. The van der Waals surface area contributed by atoms with Crippen LogP contribution in [0, 0.1) is 0 Å². The van der Waals surface area contributed by atoms with E-state index in [1.807, 2.05) is 13.0 Å². The van der Waals surface area contributed by atoms with Gasteiger partial charge in [0.1, 0.15) is 6.61 Å². The van der Waals surface area contributed by atoms with Gasteiger partial charge in [0.25, 0.3) is 0 Å². The van der Waals surface area contributed by atoms with Crippen LogP contribution in [-0.4, -0.2) is 24.8 Å². The maximum Gasteiger partial charge on any atom is 0.220 e. The Morgan fingerprint density at radius 1 is 1.52 bits per heavy atom. The Labute approximate surface area is 129 Å². The van der Waals surface area contributed by atoms with Crippen LogP contribution in [0.15, 0.2) is 35.7 Å². The van der Waals surface area contributed by atoms with Gasteiger partial charge in [-0.05, 0) is 29.3 Å². The van der Waals surface area contributed by atoms with Crippen molar-refractivity contribution < 1.29 is 9.53 Å². The molecule has 0 aromatic heterocycles. The van der Waals surface area contributed by atoms with Crippen LogP contribution in [0.3, 0.4) is 0 Å². The van der Waals surface area contributed by atoms with E-state index in [1.54, 1.807) is 18.0 Å². The van der Waals surface area contributed by atoms with E-state index < -0.39 is 0 Å². The van der Waals surface area contributed by atoms with Crippen LogP contribution in [0.1, 0.15) is 19.8 Å². The molecular formula is C17H21NO2S. The third-order valence-corrected chi connectivity index (χ3v) is 4.21. The molecule has 1 aromatic rings. The average molecular weight is 303 g/mol. The normalized spacial score (nSPS) is 12.9. The third-order valence-electron chi connectivity index (χ3n) is 3.22. The Morgan fingerprint density at radius 3 is 3.14 bits per heavy atom. The number of hydrogen-bond acceptors (Lipinski definition) is 3. The SMILES string of the molecule is C=CCSc1ccc2c(c1)=COCC=2CNC(=O)CCC. The van der Waals surface area contributed by atoms with Gasteiger partial charge in [0, 0.05) is 28.8 Å². The van der Waals surface area contributed by atoms with E-state index in [2.05, 4.69) is 30.1 Å². The molecule has 0 unspecified atom stereocenters. The maximum atomic E-state index is 11.6. The molecule has 0 bridgehead atoms. The van der Waals surface area contributed by atoms with Crippen LogP contribution < -0.4 is 15.8 Å². The molecule has 1 aliphatic rings. The van der Waals surface area contributed by atoms with Crippen molar-refractivity contribution in [3.05, 3.63) is 41.3 Å². The quantitative estimate of drug-likeness (QED) is 0.616. The van der Waals surface area contributed by atoms with Crippen LogP contribution in [0.25, 0.3) is 11.8 Å². The Bertz CT molecular complexity index is 637. The Kier molecular flexibility index (Phi) is 5.93. The van der Waals surface area contributed by atoms with Crippen molar-refractivity contribution in [3.63, 3.8) is 0 Å². The topological polar surface area (TPSA) is 38.3 Å². The van der Waals surface area contributed by atoms with Crippen molar-refractivity contribution in [2.75, 3.05) is 18.9 Å². The lowest BCUT2D eigenvalue weighted by Gasteiger charge is -2.14. The number of benzene rings is 1. The van der Waals surface area contributed by atoms with Crippen LogP contribution in [0.5, 0.6) is 0 Å². The Balaban J connectivity index is 2.18. The van der Waals surface area contributed by atoms with Gasteiger partial charge < -0.3 is 10.1 Å². The Morgan fingerprint density at radius 2 is 2.38 bits per heavy atom. The fraction of sp³-hybridized carbons (Fsp3) is 0.353. The molecule has 1 amide bonds. The van der Waals surface area contributed by atoms with Gasteiger partial charge in [0.05, 0.1) is 6.26 Å². The van der Waals surface area contributed by atoms with Gasteiger partial charge in [-0.15, -0.1) is 18.3 Å². The molecule has 112 valence electrons. The monoisotopic (exact) mass is 303 g/mol. The van der Waals surface area contributed by atoms with Gasteiger partial charge >= 0.3 is 0 Å². The highest BCUT2D eigenvalue weighted by atomic mass is 32.2. The summed E-state index contributed by atoms with van der Waals surface area (Å²) in [7, 11) is 0. The van der Waals surface area contributed by atoms with Gasteiger partial charge in [-0.2, -0.15) is 0 Å². The van der Waals surface area contributed by atoms with Crippen LogP contribution in [0.4, 0.5) is 0 Å². The lowest BCUT2D eigenvalue weighted by atomic mass is 10.1. The first-order valence-corrected chi connectivity index (χ1v) is 8.17. The highest BCUT2D eigenvalue weighted by Crippen LogP contribution is 2.14. The smallest absolute Gasteiger partial charge is 0.220 e. The summed E-state index contributed by atoms with van der Waals surface area (Å²) in [6.07, 6.45) is 5.13. The summed E-state index contributed by atoms with van der Waals surface area (Å²) in [4.78, 5) is 12.8. The maximum absolute atomic E-state index is 11.6. The van der Waals surface area contributed by atoms with Gasteiger partial charge in [-0.3, -0.25) is 4.79 Å². The molecule has 2 rings (SSSR count). The zero-order valence-corrected chi connectivity index (χ0v) is 13.2. The molecule has 0 spiro atoms. The minimum atomic E-state index is 0.0965. The van der Waals surface area contributed by atoms with Crippen molar-refractivity contribution in [1.29, 1.82) is 0 Å². The fourth-order valence-electron chi connectivity index (χ4n) is 2.18. The first-order chi connectivity index (χ1) is 10.2. The van der Waals surface area contributed by atoms with E-state index in [0.29, 0.717) is 19.6 Å². The largest absolute Gasteiger partial charge is 0.496 e. The van der Waals surface area contributed by atoms with E-state index in [1.165, 1.54) is 10.1 Å². The number of fused-ring (bicyclic) bond motifs is 1. The van der Waals surface area contributed by atoms with Crippen molar-refractivity contribution in [2.45, 2.75) is 24.7 Å². The van der Waals surface area contributed by atoms with Gasteiger partial charge in [0.2, 0.25) is 5.91 Å². The summed E-state index contributed by atoms with van der Waals surface area (Å²) in [6, 6.07) is 6.34. The van der Waals surface area contributed by atoms with Crippen LogP contribution >= 0.6 is 11.8 Å². The number of hydrogen-bond donors (Lipinski definition) is 1. The number of ether oxygens (including phenoxy) is 1. The lowest BCUT2D eigenvalue weighted by molar-refractivity contribution is -0.120. The van der Waals surface area contributed by atoms with Crippen LogP contribution in [-0.2, 0) is 9.53 Å². The number of amides is 1. The lowest BCUT2D eigenvalue weighted by Crippen LogP contribution is -2.37. The molecule has 1 aliphatic heterocycles. The second-order valence-corrected chi connectivity index (χ2v) is 6.00. The molecule has 1 N–H and O–H groups in total. The standard InChI is InChI=1S/C17H21NO2S/c1-3-5-17(19)18-10-14-12-20-11-13-9-15(21-8-4-2)6-7-16(13)14/h4,6-7,9,11H,2-3,5,8,10,12H2,1H3,(H,18,19). The highest BCUT2D eigenvalue weighted by molar-refractivity contribution is 7.99. The van der Waals surface area contributed by atoms with Gasteiger partial charge in [0.15, 0.2) is 0 Å². The summed E-state index contributed by atoms with van der Waals surface area (Å²) >= 11 is 1.75.